The summed E-state index contributed by atoms with van der Waals surface area (Å²) in [6.45, 7) is -0.605. The van der Waals surface area contributed by atoms with E-state index in [9.17, 15) is 43.5 Å². The average Bonchev–Trinajstić information content (AvgIpc) is 3.32. The second kappa shape index (κ2) is 10.9. The Labute approximate surface area is 228 Å². The van der Waals surface area contributed by atoms with E-state index in [-0.39, 0.29) is 33.2 Å². The Balaban J connectivity index is 1.83. The summed E-state index contributed by atoms with van der Waals surface area (Å²) in [6, 6.07) is 5.41. The van der Waals surface area contributed by atoms with Gasteiger partial charge in [-0.15, -0.1) is 0 Å². The fourth-order valence-corrected chi connectivity index (χ4v) is 3.67. The number of amides is 1. The number of carbonyl (C=O) groups is 1. The van der Waals surface area contributed by atoms with Crippen molar-refractivity contribution in [2.45, 2.75) is 29.0 Å². The van der Waals surface area contributed by atoms with Gasteiger partial charge in [0.05, 0.1) is 23.2 Å². The van der Waals surface area contributed by atoms with E-state index in [4.69, 9.17) is 35.1 Å². The summed E-state index contributed by atoms with van der Waals surface area (Å²) in [5.74, 6) is -1.05. The molecule has 1 aromatic carbocycles. The zero-order valence-corrected chi connectivity index (χ0v) is 20.5. The summed E-state index contributed by atoms with van der Waals surface area (Å²) in [4.78, 5) is 19.3. The largest absolute Gasteiger partial charge is 0.416 e. The fourth-order valence-electron chi connectivity index (χ4n) is 3.46. The van der Waals surface area contributed by atoms with Gasteiger partial charge in [0.1, 0.15) is 27.2 Å². The number of aliphatic hydroxyl groups excluding tert-OH is 1. The van der Waals surface area contributed by atoms with Crippen molar-refractivity contribution in [3.63, 3.8) is 0 Å². The average molecular weight is 560 g/mol. The number of rotatable bonds is 9. The highest BCUT2D eigenvalue weighted by Gasteiger charge is 2.53. The van der Waals surface area contributed by atoms with Crippen LogP contribution < -0.4 is 10.6 Å². The summed E-state index contributed by atoms with van der Waals surface area (Å²) >= 11 is 6.20. The molecule has 10 nitrogen and oxygen atoms in total. The Kier molecular flexibility index (Phi) is 8.51. The molecule has 0 saturated heterocycles. The van der Waals surface area contributed by atoms with Crippen molar-refractivity contribution in [3.8, 4) is 11.1 Å². The molecule has 200 valence electrons. The number of aromatic amines is 1. The van der Waals surface area contributed by atoms with E-state index >= 15 is 0 Å². The molecule has 2 atom stereocenters. The van der Waals surface area contributed by atoms with Crippen molar-refractivity contribution in [2.24, 2.45) is 0 Å². The van der Waals surface area contributed by atoms with E-state index in [2.05, 4.69) is 15.3 Å². The van der Waals surface area contributed by atoms with Gasteiger partial charge in [-0.2, -0.15) is 13.2 Å². The summed E-state index contributed by atoms with van der Waals surface area (Å²) in [6.07, 6.45) is -2.11. The maximum atomic E-state index is 12.8. The van der Waals surface area contributed by atoms with Crippen LogP contribution in [-0.4, -0.2) is 88.4 Å². The third kappa shape index (κ3) is 6.60. The molecular weight excluding hydrogens is 541 g/mol. The Morgan fingerprint density at radius 1 is 1.08 bits per heavy atom. The molecule has 1 amide bonds. The number of carbonyl (C=O) groups excluding carboxylic acids is 1. The second-order valence-corrected chi connectivity index (χ2v) is 8.97. The van der Waals surface area contributed by atoms with Crippen LogP contribution in [0, 0.1) is 0 Å². The van der Waals surface area contributed by atoms with Gasteiger partial charge in [0.2, 0.25) is 0 Å². The van der Waals surface area contributed by atoms with Crippen molar-refractivity contribution < 1.29 is 43.5 Å². The number of aliphatic hydroxyl groups is 5. The molecule has 2 aromatic heterocycles. The lowest BCUT2D eigenvalue weighted by Crippen LogP contribution is -2.73. The SMILES string of the molecule is [B]C([B])(O)C(O)(Nc1cc(-c2c[nH]c(C(=O)N[C@H](CO)c3ccc(C(F)(F)F)cc3)c2)c(Cl)cn1)C([B])(O)O. The standard InChI is InChI=1S/C22H19B3ClF3N4O6/c23-21(24,37)20(36,22(25,38)39)33-17-6-13(14(26)8-31-17)11-5-15(30-7-11)18(35)32-16(9-34)10-1-3-12(4-2-10)19(27,28)29/h1-8,16,30,34,36-39H,9H2,(H,31,33)(H,32,35)/t16-,20?/m1/s1. The monoisotopic (exact) mass is 560 g/mol. The first-order valence-electron chi connectivity index (χ1n) is 10.8. The van der Waals surface area contributed by atoms with Crippen LogP contribution in [0.15, 0.2) is 48.8 Å². The van der Waals surface area contributed by atoms with Crippen molar-refractivity contribution >= 4 is 46.9 Å². The van der Waals surface area contributed by atoms with E-state index in [0.717, 1.165) is 30.5 Å². The first-order valence-corrected chi connectivity index (χ1v) is 11.2. The summed E-state index contributed by atoms with van der Waals surface area (Å²) < 4.78 is 38.4. The van der Waals surface area contributed by atoms with E-state index in [1.54, 1.807) is 0 Å². The summed E-state index contributed by atoms with van der Waals surface area (Å²) in [5.41, 5.74) is -7.10. The topological polar surface area (TPSA) is 171 Å². The number of aromatic nitrogens is 2. The van der Waals surface area contributed by atoms with Gasteiger partial charge in [0.25, 0.3) is 5.91 Å². The van der Waals surface area contributed by atoms with Gasteiger partial charge in [-0.3, -0.25) is 4.79 Å². The molecule has 0 aliphatic carbocycles. The van der Waals surface area contributed by atoms with E-state index in [1.807, 2.05) is 5.32 Å². The zero-order valence-electron chi connectivity index (χ0n) is 19.7. The molecule has 0 aliphatic heterocycles. The summed E-state index contributed by atoms with van der Waals surface area (Å²) in [7, 11) is 15.6. The number of hydrogen-bond donors (Lipinski definition) is 8. The number of nitrogens with zero attached hydrogens (tertiary/aromatic N) is 1. The van der Waals surface area contributed by atoms with E-state index < -0.39 is 47.1 Å². The van der Waals surface area contributed by atoms with Crippen LogP contribution in [0.1, 0.15) is 27.7 Å². The summed E-state index contributed by atoms with van der Waals surface area (Å²) in [5, 5.41) is 50.8. The quantitative estimate of drug-likeness (QED) is 0.135. The minimum atomic E-state index is -4.54. The first-order chi connectivity index (χ1) is 17.9. The minimum absolute atomic E-state index is 0.0285. The van der Waals surface area contributed by atoms with Gasteiger partial charge < -0.3 is 41.2 Å². The van der Waals surface area contributed by atoms with Gasteiger partial charge in [0.15, 0.2) is 19.3 Å². The van der Waals surface area contributed by atoms with Gasteiger partial charge in [0, 0.05) is 28.9 Å². The van der Waals surface area contributed by atoms with E-state index in [0.29, 0.717) is 0 Å². The molecule has 6 radical (unpaired) electrons. The Morgan fingerprint density at radius 3 is 2.21 bits per heavy atom. The predicted octanol–water partition coefficient (Wildman–Crippen LogP) is 0.103. The molecule has 39 heavy (non-hydrogen) atoms. The van der Waals surface area contributed by atoms with Crippen molar-refractivity contribution in [2.75, 3.05) is 11.9 Å². The maximum Gasteiger partial charge on any atom is 0.416 e. The highest BCUT2D eigenvalue weighted by atomic mass is 35.5. The van der Waals surface area contributed by atoms with Crippen LogP contribution in [0.5, 0.6) is 0 Å². The van der Waals surface area contributed by atoms with Gasteiger partial charge in [-0.1, -0.05) is 23.7 Å². The van der Waals surface area contributed by atoms with Crippen molar-refractivity contribution in [1.29, 1.82) is 0 Å². The number of benzene rings is 1. The lowest BCUT2D eigenvalue weighted by Gasteiger charge is -2.47. The Hall–Kier alpha value is -3.01. The molecular formula is C22H19B3ClF3N4O6. The lowest BCUT2D eigenvalue weighted by molar-refractivity contribution is -0.235. The van der Waals surface area contributed by atoms with Gasteiger partial charge >= 0.3 is 6.18 Å². The smallest absolute Gasteiger partial charge is 0.404 e. The Morgan fingerprint density at radius 2 is 1.69 bits per heavy atom. The number of alkyl halides is 3. The molecule has 8 N–H and O–H groups in total. The van der Waals surface area contributed by atoms with Gasteiger partial charge in [-0.25, -0.2) is 4.98 Å². The highest BCUT2D eigenvalue weighted by Crippen LogP contribution is 2.34. The number of anilines is 1. The van der Waals surface area contributed by atoms with Crippen LogP contribution in [0.4, 0.5) is 19.0 Å². The molecule has 3 aromatic rings. The number of nitrogens with one attached hydrogen (secondary N) is 3. The second-order valence-electron chi connectivity index (χ2n) is 8.57. The van der Waals surface area contributed by atoms with Gasteiger partial charge in [-0.05, 0) is 29.8 Å². The van der Waals surface area contributed by atoms with Crippen LogP contribution in [0.3, 0.4) is 0 Å². The fraction of sp³-hybridized carbons (Fsp3) is 0.273. The molecule has 0 aliphatic rings. The van der Waals surface area contributed by atoms with Crippen molar-refractivity contribution in [1.82, 2.24) is 15.3 Å². The normalized spacial score (nSPS) is 14.9. The number of pyridine rings is 1. The molecule has 0 bridgehead atoms. The van der Waals surface area contributed by atoms with Crippen LogP contribution in [0.25, 0.3) is 11.1 Å². The number of halogens is 4. The third-order valence-electron chi connectivity index (χ3n) is 5.64. The van der Waals surface area contributed by atoms with Crippen LogP contribution in [-0.2, 0) is 6.18 Å². The van der Waals surface area contributed by atoms with E-state index in [1.165, 1.54) is 18.3 Å². The molecule has 0 saturated carbocycles. The number of hydrogen-bond acceptors (Lipinski definition) is 8. The Bertz CT molecular complexity index is 1320. The molecule has 0 spiro atoms. The predicted molar refractivity (Wildman–Crippen MR) is 136 cm³/mol. The maximum absolute atomic E-state index is 12.8. The number of H-pyrrole nitrogens is 1. The van der Waals surface area contributed by atoms with Crippen LogP contribution >= 0.6 is 11.6 Å². The molecule has 3 rings (SSSR count). The lowest BCUT2D eigenvalue weighted by atomic mass is 9.54. The molecule has 1 unspecified atom stereocenters. The zero-order chi connectivity index (χ0) is 29.4. The third-order valence-corrected chi connectivity index (χ3v) is 5.94. The minimum Gasteiger partial charge on any atom is -0.404 e. The molecule has 2 heterocycles. The molecule has 0 fully saturated rings. The van der Waals surface area contributed by atoms with Crippen LogP contribution in [0.2, 0.25) is 5.02 Å². The highest BCUT2D eigenvalue weighted by molar-refractivity contribution is 6.40. The van der Waals surface area contributed by atoms with Crippen molar-refractivity contribution in [3.05, 3.63) is 70.6 Å². The molecule has 17 heteroatoms. The first kappa shape index (κ1) is 30.5.